The predicted octanol–water partition coefficient (Wildman–Crippen LogP) is 3.17. The minimum Gasteiger partial charge on any atom is -0.357 e. The fourth-order valence-corrected chi connectivity index (χ4v) is 2.35. The number of aryl methyl sites for hydroxylation is 3. The maximum atomic E-state index is 13.6. The van der Waals surface area contributed by atoms with E-state index in [0.717, 1.165) is 37.5 Å². The number of guanidine groups is 1. The van der Waals surface area contributed by atoms with E-state index in [-0.39, 0.29) is 29.8 Å². The fraction of sp³-hybridized carbons (Fsp3) is 0.444. The Kier molecular flexibility index (Phi) is 9.48. The van der Waals surface area contributed by atoms with Gasteiger partial charge in [-0.2, -0.15) is 5.10 Å². The van der Waals surface area contributed by atoms with E-state index in [1.165, 1.54) is 5.56 Å². The molecule has 0 saturated heterocycles. The lowest BCUT2D eigenvalue weighted by Crippen LogP contribution is -2.37. The van der Waals surface area contributed by atoms with Crippen LogP contribution in [0.1, 0.15) is 30.0 Å². The van der Waals surface area contributed by atoms with E-state index in [2.05, 4.69) is 20.7 Å². The number of hydrogen-bond donors (Lipinski definition) is 2. The highest BCUT2D eigenvalue weighted by Crippen LogP contribution is 2.10. The predicted molar refractivity (Wildman–Crippen MR) is 111 cm³/mol. The zero-order chi connectivity index (χ0) is 17.4. The minimum atomic E-state index is -0.183. The molecule has 5 nitrogen and oxygen atoms in total. The first-order chi connectivity index (χ1) is 11.6. The van der Waals surface area contributed by atoms with Crippen LogP contribution in [0.2, 0.25) is 0 Å². The van der Waals surface area contributed by atoms with E-state index >= 15 is 0 Å². The number of aromatic nitrogens is 2. The standard InChI is InChI=1S/C18H26FN5.HI/c1-4-20-18(21-9-5-6-16-12-23-24(3)13-16)22-11-15-8-7-14(2)17(19)10-15;/h7-8,10,12-13H,4-6,9,11H2,1-3H3,(H2,20,21,22);1H. The number of hydrogen-bond acceptors (Lipinski definition) is 2. The number of aliphatic imine (C=N–C) groups is 1. The average Bonchev–Trinajstić information content (AvgIpc) is 2.97. The summed E-state index contributed by atoms with van der Waals surface area (Å²) in [5.41, 5.74) is 2.75. The molecular formula is C18H27FIN5. The number of nitrogens with zero attached hydrogens (tertiary/aromatic N) is 3. The topological polar surface area (TPSA) is 54.2 Å². The van der Waals surface area contributed by atoms with E-state index in [9.17, 15) is 4.39 Å². The molecule has 1 aromatic heterocycles. The summed E-state index contributed by atoms with van der Waals surface area (Å²) in [6, 6.07) is 5.24. The van der Waals surface area contributed by atoms with Crippen LogP contribution in [0.3, 0.4) is 0 Å². The summed E-state index contributed by atoms with van der Waals surface area (Å²) >= 11 is 0. The van der Waals surface area contributed by atoms with Crippen LogP contribution in [0.25, 0.3) is 0 Å². The van der Waals surface area contributed by atoms with Gasteiger partial charge in [-0.05, 0) is 49.4 Å². The minimum absolute atomic E-state index is 0. The maximum Gasteiger partial charge on any atom is 0.191 e. The molecule has 0 fully saturated rings. The third-order valence-corrected chi connectivity index (χ3v) is 3.69. The second-order valence-corrected chi connectivity index (χ2v) is 5.83. The van der Waals surface area contributed by atoms with E-state index < -0.39 is 0 Å². The molecule has 7 heteroatoms. The lowest BCUT2D eigenvalue weighted by molar-refractivity contribution is 0.616. The lowest BCUT2D eigenvalue weighted by atomic mass is 10.1. The zero-order valence-electron chi connectivity index (χ0n) is 15.1. The molecule has 0 radical (unpaired) electrons. The van der Waals surface area contributed by atoms with Gasteiger partial charge in [0.25, 0.3) is 0 Å². The highest BCUT2D eigenvalue weighted by atomic mass is 127. The van der Waals surface area contributed by atoms with Crippen molar-refractivity contribution in [2.75, 3.05) is 13.1 Å². The van der Waals surface area contributed by atoms with Gasteiger partial charge in [-0.15, -0.1) is 24.0 Å². The van der Waals surface area contributed by atoms with Crippen LogP contribution in [0.4, 0.5) is 4.39 Å². The lowest BCUT2D eigenvalue weighted by Gasteiger charge is -2.11. The van der Waals surface area contributed by atoms with Crippen molar-refractivity contribution in [3.05, 3.63) is 53.1 Å². The van der Waals surface area contributed by atoms with Gasteiger partial charge < -0.3 is 10.6 Å². The Labute approximate surface area is 166 Å². The average molecular weight is 459 g/mol. The summed E-state index contributed by atoms with van der Waals surface area (Å²) in [4.78, 5) is 4.51. The highest BCUT2D eigenvalue weighted by Gasteiger charge is 2.01. The Morgan fingerprint density at radius 3 is 2.72 bits per heavy atom. The van der Waals surface area contributed by atoms with Crippen LogP contribution < -0.4 is 10.6 Å². The Balaban J connectivity index is 0.00000312. The molecule has 138 valence electrons. The van der Waals surface area contributed by atoms with Crippen LogP contribution >= 0.6 is 24.0 Å². The van der Waals surface area contributed by atoms with Crippen LogP contribution in [-0.2, 0) is 20.0 Å². The summed E-state index contributed by atoms with van der Waals surface area (Å²) in [7, 11) is 1.92. The molecule has 2 aromatic rings. The van der Waals surface area contributed by atoms with Crippen molar-refractivity contribution in [2.24, 2.45) is 12.0 Å². The van der Waals surface area contributed by atoms with Crippen molar-refractivity contribution in [2.45, 2.75) is 33.2 Å². The second kappa shape index (κ2) is 11.1. The number of halogens is 2. The molecule has 0 saturated carbocycles. The number of rotatable bonds is 7. The maximum absolute atomic E-state index is 13.6. The summed E-state index contributed by atoms with van der Waals surface area (Å²) in [5, 5.41) is 10.7. The molecule has 1 aromatic carbocycles. The SMILES string of the molecule is CCNC(=NCc1ccc(C)c(F)c1)NCCCc1cnn(C)c1.I. The second-order valence-electron chi connectivity index (χ2n) is 5.83. The van der Waals surface area contributed by atoms with Gasteiger partial charge in [0.05, 0.1) is 12.7 Å². The monoisotopic (exact) mass is 459 g/mol. The first kappa shape index (κ1) is 21.4. The van der Waals surface area contributed by atoms with Gasteiger partial charge in [0, 0.05) is 26.3 Å². The molecule has 25 heavy (non-hydrogen) atoms. The van der Waals surface area contributed by atoms with Crippen molar-refractivity contribution in [3.63, 3.8) is 0 Å². The van der Waals surface area contributed by atoms with E-state index in [1.54, 1.807) is 19.1 Å². The first-order valence-electron chi connectivity index (χ1n) is 8.33. The Morgan fingerprint density at radius 1 is 1.28 bits per heavy atom. The largest absolute Gasteiger partial charge is 0.357 e. The molecular weight excluding hydrogens is 432 g/mol. The molecule has 0 aliphatic carbocycles. The Hall–Kier alpha value is -1.64. The van der Waals surface area contributed by atoms with Gasteiger partial charge in [0.15, 0.2) is 5.96 Å². The normalized spacial score (nSPS) is 11.1. The molecule has 2 rings (SSSR count). The Morgan fingerprint density at radius 2 is 2.08 bits per heavy atom. The fourth-order valence-electron chi connectivity index (χ4n) is 2.35. The molecule has 0 unspecified atom stereocenters. The van der Waals surface area contributed by atoms with Crippen molar-refractivity contribution >= 4 is 29.9 Å². The molecule has 0 aliphatic heterocycles. The van der Waals surface area contributed by atoms with E-state index in [4.69, 9.17) is 0 Å². The Bertz CT molecular complexity index is 684. The third-order valence-electron chi connectivity index (χ3n) is 3.69. The molecule has 0 bridgehead atoms. The van der Waals surface area contributed by atoms with Gasteiger partial charge in [-0.1, -0.05) is 12.1 Å². The van der Waals surface area contributed by atoms with Crippen molar-refractivity contribution in [1.82, 2.24) is 20.4 Å². The summed E-state index contributed by atoms with van der Waals surface area (Å²) in [6.07, 6.45) is 5.90. The number of benzene rings is 1. The van der Waals surface area contributed by atoms with Gasteiger partial charge >= 0.3 is 0 Å². The van der Waals surface area contributed by atoms with Crippen molar-refractivity contribution < 1.29 is 4.39 Å². The summed E-state index contributed by atoms with van der Waals surface area (Å²) < 4.78 is 15.4. The molecule has 0 aliphatic rings. The molecule has 0 atom stereocenters. The van der Waals surface area contributed by atoms with Crippen LogP contribution in [-0.4, -0.2) is 28.8 Å². The van der Waals surface area contributed by atoms with Crippen LogP contribution in [0.5, 0.6) is 0 Å². The van der Waals surface area contributed by atoms with Crippen LogP contribution in [0.15, 0.2) is 35.6 Å². The molecule has 1 heterocycles. The molecule has 2 N–H and O–H groups in total. The quantitative estimate of drug-likeness (QED) is 0.290. The third kappa shape index (κ3) is 7.41. The van der Waals surface area contributed by atoms with E-state index in [0.29, 0.717) is 12.1 Å². The summed E-state index contributed by atoms with van der Waals surface area (Å²) in [6.45, 7) is 5.85. The van der Waals surface area contributed by atoms with Gasteiger partial charge in [-0.3, -0.25) is 4.68 Å². The first-order valence-corrected chi connectivity index (χ1v) is 8.33. The smallest absolute Gasteiger partial charge is 0.191 e. The van der Waals surface area contributed by atoms with Gasteiger partial charge in [0.1, 0.15) is 5.82 Å². The van der Waals surface area contributed by atoms with Gasteiger partial charge in [0.2, 0.25) is 0 Å². The van der Waals surface area contributed by atoms with Crippen molar-refractivity contribution in [1.29, 1.82) is 0 Å². The molecule has 0 spiro atoms. The highest BCUT2D eigenvalue weighted by molar-refractivity contribution is 14.0. The van der Waals surface area contributed by atoms with Gasteiger partial charge in [-0.25, -0.2) is 9.38 Å². The number of nitrogens with one attached hydrogen (secondary N) is 2. The van der Waals surface area contributed by atoms with E-state index in [1.807, 2.05) is 37.1 Å². The van der Waals surface area contributed by atoms with Crippen LogP contribution in [0, 0.1) is 12.7 Å². The summed E-state index contributed by atoms with van der Waals surface area (Å²) in [5.74, 6) is 0.571. The zero-order valence-corrected chi connectivity index (χ0v) is 17.4. The van der Waals surface area contributed by atoms with Crippen molar-refractivity contribution in [3.8, 4) is 0 Å². The molecule has 0 amide bonds.